The summed E-state index contributed by atoms with van der Waals surface area (Å²) in [6.07, 6.45) is 2.76. The number of carbonyl (C=O) groups excluding carboxylic acids is 1. The molecule has 0 aliphatic rings. The maximum Gasteiger partial charge on any atom is 0.334 e. The van der Waals surface area contributed by atoms with E-state index in [9.17, 15) is 14.7 Å². The van der Waals surface area contributed by atoms with Crippen LogP contribution in [0.15, 0.2) is 60.0 Å². The number of aryl methyl sites for hydroxylation is 1. The summed E-state index contributed by atoms with van der Waals surface area (Å²) in [7, 11) is 9.15. The van der Waals surface area contributed by atoms with Crippen molar-refractivity contribution in [3.8, 4) is 11.6 Å². The molecule has 0 fully saturated rings. The van der Waals surface area contributed by atoms with Crippen LogP contribution in [0.2, 0.25) is 0 Å². The van der Waals surface area contributed by atoms with Crippen molar-refractivity contribution in [1.29, 1.82) is 0 Å². The Balaban J connectivity index is 1.74. The van der Waals surface area contributed by atoms with Crippen molar-refractivity contribution in [2.24, 2.45) is 7.05 Å². The summed E-state index contributed by atoms with van der Waals surface area (Å²) in [6, 6.07) is 10.5. The number of aromatic nitrogens is 4. The molecule has 210 valence electrons. The second-order valence-corrected chi connectivity index (χ2v) is 9.51. The lowest BCUT2D eigenvalue weighted by atomic mass is 10.2. The van der Waals surface area contributed by atoms with Crippen LogP contribution in [0.5, 0.6) is 5.75 Å². The van der Waals surface area contributed by atoms with Crippen molar-refractivity contribution < 1.29 is 14.6 Å². The summed E-state index contributed by atoms with van der Waals surface area (Å²) in [5.41, 5.74) is 3.56. The number of nitrogens with zero attached hydrogens (tertiary/aromatic N) is 6. The molecule has 0 bridgehead atoms. The summed E-state index contributed by atoms with van der Waals surface area (Å²) < 4.78 is 8.66. The lowest BCUT2D eigenvalue weighted by Gasteiger charge is -2.26. The number of benzene rings is 2. The van der Waals surface area contributed by atoms with E-state index >= 15 is 0 Å². The van der Waals surface area contributed by atoms with Gasteiger partial charge >= 0.3 is 5.69 Å². The van der Waals surface area contributed by atoms with Gasteiger partial charge in [-0.05, 0) is 43.9 Å². The number of carbonyl (C=O) groups is 1. The summed E-state index contributed by atoms with van der Waals surface area (Å²) in [5, 5.41) is 15.5. The number of fused-ring (bicyclic) bond motifs is 1. The Morgan fingerprint density at radius 2 is 1.90 bits per heavy atom. The van der Waals surface area contributed by atoms with Gasteiger partial charge in [-0.25, -0.2) is 14.3 Å². The minimum atomic E-state index is -0.351. The Morgan fingerprint density at radius 3 is 2.58 bits per heavy atom. The third-order valence-electron chi connectivity index (χ3n) is 6.47. The van der Waals surface area contributed by atoms with E-state index < -0.39 is 0 Å². The van der Waals surface area contributed by atoms with Crippen LogP contribution in [0.1, 0.15) is 5.56 Å². The zero-order valence-electron chi connectivity index (χ0n) is 23.3. The fraction of sp³-hybridized carbons (Fsp3) is 0.286. The van der Waals surface area contributed by atoms with E-state index in [0.717, 1.165) is 12.2 Å². The zero-order valence-corrected chi connectivity index (χ0v) is 23.3. The van der Waals surface area contributed by atoms with E-state index in [1.807, 2.05) is 32.1 Å². The molecule has 40 heavy (non-hydrogen) atoms. The highest BCUT2D eigenvalue weighted by Crippen LogP contribution is 2.38. The SMILES string of the molecule is C=CC(=O)Nc1cc(Nc2nccc(-n3c(=O)n(C)c4cc(CO)ccc43)n2)c(OC)cc1N(C)CCN(C)C. The number of aliphatic hydroxyl groups is 1. The van der Waals surface area contributed by atoms with Crippen LogP contribution in [0.3, 0.4) is 0 Å². The molecule has 12 nitrogen and oxygen atoms in total. The molecular formula is C28H34N8O4. The molecule has 3 N–H and O–H groups in total. The number of amides is 1. The number of imidazole rings is 1. The number of likely N-dealkylation sites (N-methyl/N-ethyl adjacent to an activating group) is 2. The normalized spacial score (nSPS) is 11.1. The average Bonchev–Trinajstić information content (AvgIpc) is 3.20. The fourth-order valence-corrected chi connectivity index (χ4v) is 4.26. The standard InChI is InChI=1S/C28H34N8O4/c1-7-26(38)30-19-15-20(24(40-6)16-22(19)34(4)13-12-33(2)3)31-27-29-11-10-25(32-27)36-21-9-8-18(17-37)14-23(21)35(5)28(36)39/h7-11,14-16,37H,1,12-13,17H2,2-6H3,(H,30,38)(H,29,31,32). The van der Waals surface area contributed by atoms with Crippen molar-refractivity contribution in [2.45, 2.75) is 6.61 Å². The number of methoxy groups -OCH3 is 1. The first kappa shape index (κ1) is 28.3. The largest absolute Gasteiger partial charge is 0.494 e. The van der Waals surface area contributed by atoms with Crippen LogP contribution in [-0.4, -0.2) is 76.4 Å². The highest BCUT2D eigenvalue weighted by Gasteiger charge is 2.18. The predicted molar refractivity (Wildman–Crippen MR) is 157 cm³/mol. The third-order valence-corrected chi connectivity index (χ3v) is 6.47. The number of nitrogens with one attached hydrogen (secondary N) is 2. The molecule has 2 heterocycles. The molecule has 4 rings (SSSR count). The van der Waals surface area contributed by atoms with Crippen LogP contribution in [0.4, 0.5) is 23.0 Å². The molecule has 0 atom stereocenters. The first-order chi connectivity index (χ1) is 19.2. The molecule has 0 saturated carbocycles. The smallest absolute Gasteiger partial charge is 0.334 e. The van der Waals surface area contributed by atoms with Gasteiger partial charge in [0.1, 0.15) is 11.6 Å². The van der Waals surface area contributed by atoms with Crippen LogP contribution in [0.25, 0.3) is 16.9 Å². The van der Waals surface area contributed by atoms with Gasteiger partial charge in [0.05, 0.1) is 41.8 Å². The molecule has 0 aliphatic carbocycles. The zero-order chi connectivity index (χ0) is 29.0. The van der Waals surface area contributed by atoms with Gasteiger partial charge in [0.15, 0.2) is 0 Å². The maximum absolute atomic E-state index is 13.1. The molecule has 4 aromatic rings. The Bertz CT molecular complexity index is 1610. The summed E-state index contributed by atoms with van der Waals surface area (Å²) in [5.74, 6) is 0.748. The molecule has 1 amide bonds. The van der Waals surface area contributed by atoms with Crippen molar-refractivity contribution in [1.82, 2.24) is 24.0 Å². The van der Waals surface area contributed by atoms with Gasteiger partial charge in [-0.1, -0.05) is 12.6 Å². The molecule has 0 unspecified atom stereocenters. The molecule has 0 aliphatic heterocycles. The molecule has 12 heteroatoms. The highest BCUT2D eigenvalue weighted by molar-refractivity contribution is 6.02. The Hall–Kier alpha value is -4.68. The second-order valence-electron chi connectivity index (χ2n) is 9.51. The van der Waals surface area contributed by atoms with Crippen molar-refractivity contribution in [3.05, 3.63) is 71.3 Å². The van der Waals surface area contributed by atoms with Gasteiger partial charge in [-0.2, -0.15) is 4.98 Å². The maximum atomic E-state index is 13.1. The number of hydrogen-bond acceptors (Lipinski definition) is 9. The molecule has 2 aromatic heterocycles. The van der Waals surface area contributed by atoms with Crippen LogP contribution in [-0.2, 0) is 18.4 Å². The Morgan fingerprint density at radius 1 is 1.12 bits per heavy atom. The van der Waals surface area contributed by atoms with Gasteiger partial charge in [-0.15, -0.1) is 0 Å². The van der Waals surface area contributed by atoms with E-state index in [-0.39, 0.29) is 24.2 Å². The number of ether oxygens (including phenoxy) is 1. The average molecular weight is 547 g/mol. The fourth-order valence-electron chi connectivity index (χ4n) is 4.26. The minimum Gasteiger partial charge on any atom is -0.494 e. The first-order valence-corrected chi connectivity index (χ1v) is 12.6. The molecule has 0 spiro atoms. The van der Waals surface area contributed by atoms with Gasteiger partial charge in [0.2, 0.25) is 11.9 Å². The number of aliphatic hydroxyl groups excluding tert-OH is 1. The Labute approximate surface area is 232 Å². The van der Waals surface area contributed by atoms with E-state index in [1.54, 1.807) is 50.7 Å². The van der Waals surface area contributed by atoms with E-state index in [0.29, 0.717) is 46.1 Å². The minimum absolute atomic E-state index is 0.127. The van der Waals surface area contributed by atoms with Crippen molar-refractivity contribution >= 4 is 40.0 Å². The highest BCUT2D eigenvalue weighted by atomic mass is 16.5. The van der Waals surface area contributed by atoms with E-state index in [4.69, 9.17) is 4.74 Å². The first-order valence-electron chi connectivity index (χ1n) is 12.6. The van der Waals surface area contributed by atoms with Crippen LogP contribution < -0.4 is 26.0 Å². The third kappa shape index (κ3) is 5.82. The number of anilines is 4. The molecular weight excluding hydrogens is 512 g/mol. The van der Waals surface area contributed by atoms with Gasteiger partial charge in [-0.3, -0.25) is 9.36 Å². The number of rotatable bonds is 11. The summed E-state index contributed by atoms with van der Waals surface area (Å²) in [6.45, 7) is 4.95. The van der Waals surface area contributed by atoms with Gasteiger partial charge in [0, 0.05) is 45.5 Å². The quantitative estimate of drug-likeness (QED) is 0.243. The molecule has 0 saturated heterocycles. The molecule has 2 aromatic carbocycles. The van der Waals surface area contributed by atoms with Gasteiger partial charge < -0.3 is 30.3 Å². The lowest BCUT2D eigenvalue weighted by Crippen LogP contribution is -2.29. The van der Waals surface area contributed by atoms with E-state index in [1.165, 1.54) is 15.2 Å². The van der Waals surface area contributed by atoms with E-state index in [2.05, 4.69) is 32.1 Å². The molecule has 0 radical (unpaired) electrons. The van der Waals surface area contributed by atoms with Gasteiger partial charge in [0.25, 0.3) is 0 Å². The second kappa shape index (κ2) is 12.0. The van der Waals surface area contributed by atoms with Crippen LogP contribution >= 0.6 is 0 Å². The lowest BCUT2D eigenvalue weighted by molar-refractivity contribution is -0.111. The predicted octanol–water partition coefficient (Wildman–Crippen LogP) is 2.49. The van der Waals surface area contributed by atoms with Crippen LogP contribution in [0, 0.1) is 0 Å². The van der Waals surface area contributed by atoms with Crippen molar-refractivity contribution in [2.75, 3.05) is 56.9 Å². The van der Waals surface area contributed by atoms with Crippen molar-refractivity contribution in [3.63, 3.8) is 0 Å². The summed E-state index contributed by atoms with van der Waals surface area (Å²) >= 11 is 0. The monoisotopic (exact) mass is 546 g/mol. The number of hydrogen-bond donors (Lipinski definition) is 3. The Kier molecular flexibility index (Phi) is 8.51. The topological polar surface area (TPSA) is 130 Å². The summed E-state index contributed by atoms with van der Waals surface area (Å²) in [4.78, 5) is 38.4.